The van der Waals surface area contributed by atoms with Gasteiger partial charge in [-0.15, -0.1) is 0 Å². The number of rotatable bonds is 6. The van der Waals surface area contributed by atoms with Crippen LogP contribution in [0.25, 0.3) is 0 Å². The van der Waals surface area contributed by atoms with E-state index in [1.54, 1.807) is 37.5 Å². The largest absolute Gasteiger partial charge is 0.386 e. The molecule has 2 unspecified atom stereocenters. The lowest BCUT2D eigenvalue weighted by Crippen LogP contribution is -2.39. The Morgan fingerprint density at radius 3 is 2.60 bits per heavy atom. The minimum absolute atomic E-state index is 0.119. The first-order valence-electron chi connectivity index (χ1n) is 8.40. The number of aromatic nitrogens is 1. The van der Waals surface area contributed by atoms with E-state index in [2.05, 4.69) is 20.6 Å². The van der Waals surface area contributed by atoms with Crippen LogP contribution in [0.3, 0.4) is 0 Å². The van der Waals surface area contributed by atoms with Crippen molar-refractivity contribution < 1.29 is 9.50 Å². The number of hydrogen-bond donors (Lipinski definition) is 3. The normalized spacial score (nSPS) is 14.0. The highest BCUT2D eigenvalue weighted by Crippen LogP contribution is 2.16. The number of benzene rings is 1. The van der Waals surface area contributed by atoms with Crippen LogP contribution in [0.1, 0.15) is 42.7 Å². The van der Waals surface area contributed by atoms with E-state index in [0.717, 1.165) is 11.1 Å². The van der Waals surface area contributed by atoms with Crippen molar-refractivity contribution in [2.45, 2.75) is 32.9 Å². The van der Waals surface area contributed by atoms with Crippen LogP contribution in [-0.2, 0) is 0 Å². The summed E-state index contributed by atoms with van der Waals surface area (Å²) in [6, 6.07) is 8.59. The number of aliphatic imine (C=N–C) groups is 1. The highest BCUT2D eigenvalue weighted by Gasteiger charge is 2.11. The molecule has 0 saturated heterocycles. The predicted octanol–water partition coefficient (Wildman–Crippen LogP) is 2.88. The van der Waals surface area contributed by atoms with Gasteiger partial charge in [0.2, 0.25) is 0 Å². The second kappa shape index (κ2) is 9.13. The zero-order valence-electron chi connectivity index (χ0n) is 14.8. The van der Waals surface area contributed by atoms with Crippen LogP contribution >= 0.6 is 0 Å². The van der Waals surface area contributed by atoms with E-state index in [4.69, 9.17) is 0 Å². The molecule has 1 aromatic heterocycles. The van der Waals surface area contributed by atoms with Gasteiger partial charge in [0.25, 0.3) is 0 Å². The first-order valence-corrected chi connectivity index (χ1v) is 8.40. The van der Waals surface area contributed by atoms with Crippen molar-refractivity contribution in [3.8, 4) is 0 Å². The van der Waals surface area contributed by atoms with Crippen molar-refractivity contribution in [2.75, 3.05) is 13.1 Å². The number of aliphatic hydroxyl groups excluding tert-OH is 1. The third-order valence-corrected chi connectivity index (χ3v) is 3.91. The molecule has 1 heterocycles. The maximum Gasteiger partial charge on any atom is 0.191 e. The molecule has 0 aliphatic rings. The van der Waals surface area contributed by atoms with Crippen LogP contribution in [-0.4, -0.2) is 29.1 Å². The number of halogens is 1. The lowest BCUT2D eigenvalue weighted by Gasteiger charge is -2.19. The highest BCUT2D eigenvalue weighted by atomic mass is 19.1. The third kappa shape index (κ3) is 5.53. The summed E-state index contributed by atoms with van der Waals surface area (Å²) < 4.78 is 13.8. The Bertz CT molecular complexity index is 706. The van der Waals surface area contributed by atoms with E-state index in [9.17, 15) is 9.50 Å². The Morgan fingerprint density at radius 1 is 1.24 bits per heavy atom. The molecule has 0 radical (unpaired) electrons. The van der Waals surface area contributed by atoms with Crippen LogP contribution in [0.2, 0.25) is 0 Å². The van der Waals surface area contributed by atoms with E-state index in [1.807, 2.05) is 19.9 Å². The van der Waals surface area contributed by atoms with Crippen molar-refractivity contribution in [3.63, 3.8) is 0 Å². The summed E-state index contributed by atoms with van der Waals surface area (Å²) in [5, 5.41) is 16.6. The number of nitrogens with one attached hydrogen (secondary N) is 2. The topological polar surface area (TPSA) is 69.5 Å². The number of guanidine groups is 1. The van der Waals surface area contributed by atoms with Crippen LogP contribution in [0.15, 0.2) is 47.7 Å². The van der Waals surface area contributed by atoms with Gasteiger partial charge < -0.3 is 15.7 Å². The van der Waals surface area contributed by atoms with Gasteiger partial charge in [0.05, 0.1) is 18.7 Å². The Kier molecular flexibility index (Phi) is 6.89. The maximum absolute atomic E-state index is 13.8. The van der Waals surface area contributed by atoms with E-state index in [1.165, 1.54) is 6.07 Å². The van der Waals surface area contributed by atoms with Gasteiger partial charge in [-0.25, -0.2) is 4.39 Å². The second-order valence-electron chi connectivity index (χ2n) is 5.89. The molecule has 1 aromatic carbocycles. The van der Waals surface area contributed by atoms with Gasteiger partial charge in [0.15, 0.2) is 5.96 Å². The van der Waals surface area contributed by atoms with Gasteiger partial charge >= 0.3 is 0 Å². The molecular formula is C19H25FN4O. The molecule has 3 N–H and O–H groups in total. The van der Waals surface area contributed by atoms with Crippen LogP contribution in [0.4, 0.5) is 4.39 Å². The molecule has 0 aliphatic heterocycles. The fourth-order valence-electron chi connectivity index (χ4n) is 2.36. The highest BCUT2D eigenvalue weighted by molar-refractivity contribution is 5.80. The molecule has 0 saturated carbocycles. The number of hydrogen-bond acceptors (Lipinski definition) is 3. The van der Waals surface area contributed by atoms with Crippen LogP contribution in [0.5, 0.6) is 0 Å². The van der Waals surface area contributed by atoms with Gasteiger partial charge in [-0.1, -0.05) is 12.1 Å². The van der Waals surface area contributed by atoms with Crippen molar-refractivity contribution in [1.82, 2.24) is 15.6 Å². The second-order valence-corrected chi connectivity index (χ2v) is 5.89. The molecule has 0 bridgehead atoms. The van der Waals surface area contributed by atoms with Gasteiger partial charge in [-0.05, 0) is 55.7 Å². The molecule has 5 nitrogen and oxygen atoms in total. The average molecular weight is 344 g/mol. The monoisotopic (exact) mass is 344 g/mol. The summed E-state index contributed by atoms with van der Waals surface area (Å²) in [5.74, 6) is 0.352. The molecule has 0 spiro atoms. The lowest BCUT2D eigenvalue weighted by molar-refractivity contribution is 0.187. The molecule has 6 heteroatoms. The molecule has 0 amide bonds. The number of pyridine rings is 1. The van der Waals surface area contributed by atoms with E-state index >= 15 is 0 Å². The zero-order valence-corrected chi connectivity index (χ0v) is 14.8. The van der Waals surface area contributed by atoms with Crippen molar-refractivity contribution >= 4 is 5.96 Å². The predicted molar refractivity (Wildman–Crippen MR) is 97.9 cm³/mol. The molecule has 2 atom stereocenters. The summed E-state index contributed by atoms with van der Waals surface area (Å²) in [6.45, 7) is 6.55. The minimum atomic E-state index is -0.703. The van der Waals surface area contributed by atoms with E-state index in [0.29, 0.717) is 18.1 Å². The summed E-state index contributed by atoms with van der Waals surface area (Å²) in [5.41, 5.74) is 2.23. The van der Waals surface area contributed by atoms with Crippen LogP contribution in [0, 0.1) is 12.7 Å². The van der Waals surface area contributed by atoms with Crippen LogP contribution < -0.4 is 10.6 Å². The molecule has 2 rings (SSSR count). The van der Waals surface area contributed by atoms with Crippen molar-refractivity contribution in [2.24, 2.45) is 4.99 Å². The average Bonchev–Trinajstić information content (AvgIpc) is 2.62. The first kappa shape index (κ1) is 18.9. The Morgan fingerprint density at radius 2 is 1.96 bits per heavy atom. The number of aliphatic hydroxyl groups is 1. The molecule has 2 aromatic rings. The summed E-state index contributed by atoms with van der Waals surface area (Å²) in [6.07, 6.45) is 2.57. The Labute approximate surface area is 148 Å². The fourth-order valence-corrected chi connectivity index (χ4v) is 2.36. The summed E-state index contributed by atoms with van der Waals surface area (Å²) in [7, 11) is 0. The van der Waals surface area contributed by atoms with Crippen molar-refractivity contribution in [1.29, 1.82) is 0 Å². The number of nitrogens with zero attached hydrogens (tertiary/aromatic N) is 2. The Balaban J connectivity index is 2.04. The van der Waals surface area contributed by atoms with Crippen molar-refractivity contribution in [3.05, 3.63) is 65.2 Å². The lowest BCUT2D eigenvalue weighted by atomic mass is 10.1. The molecule has 0 aliphatic carbocycles. The first-order chi connectivity index (χ1) is 12.0. The van der Waals surface area contributed by atoms with E-state index in [-0.39, 0.29) is 18.4 Å². The third-order valence-electron chi connectivity index (χ3n) is 3.91. The number of aryl methyl sites for hydroxylation is 1. The summed E-state index contributed by atoms with van der Waals surface area (Å²) >= 11 is 0. The van der Waals surface area contributed by atoms with E-state index < -0.39 is 6.10 Å². The molecule has 0 fully saturated rings. The Hall–Kier alpha value is -2.47. The molecular weight excluding hydrogens is 319 g/mol. The summed E-state index contributed by atoms with van der Waals surface area (Å²) in [4.78, 5) is 8.36. The minimum Gasteiger partial charge on any atom is -0.386 e. The maximum atomic E-state index is 13.8. The van der Waals surface area contributed by atoms with Gasteiger partial charge in [0.1, 0.15) is 5.82 Å². The quantitative estimate of drug-likeness (QED) is 0.557. The fraction of sp³-hybridized carbons (Fsp3) is 0.368. The SMILES string of the molecule is CCNC(=NCC(O)c1ccncc1)NC(C)c1ccc(C)c(F)c1. The van der Waals surface area contributed by atoms with Gasteiger partial charge in [0, 0.05) is 18.9 Å². The molecule has 134 valence electrons. The van der Waals surface area contributed by atoms with Gasteiger partial charge in [-0.3, -0.25) is 9.98 Å². The smallest absolute Gasteiger partial charge is 0.191 e. The standard InChI is InChI=1S/C19H25FN4O/c1-4-22-19(23-12-18(25)15-7-9-21-10-8-15)24-14(3)16-6-5-13(2)17(20)11-16/h5-11,14,18,25H,4,12H2,1-3H3,(H2,22,23,24). The van der Waals surface area contributed by atoms with Gasteiger partial charge in [-0.2, -0.15) is 0 Å². The molecule has 25 heavy (non-hydrogen) atoms. The zero-order chi connectivity index (χ0) is 18.2.